The highest BCUT2D eigenvalue weighted by molar-refractivity contribution is 6.09. The Morgan fingerprint density at radius 2 is 1.71 bits per heavy atom. The molecule has 0 aromatic heterocycles. The van der Waals surface area contributed by atoms with Crippen LogP contribution in [0, 0.1) is 0 Å². The van der Waals surface area contributed by atoms with Gasteiger partial charge < -0.3 is 9.47 Å². The van der Waals surface area contributed by atoms with E-state index < -0.39 is 5.60 Å². The van der Waals surface area contributed by atoms with E-state index in [2.05, 4.69) is 61.2 Å². The van der Waals surface area contributed by atoms with E-state index in [1.54, 1.807) is 0 Å². The first kappa shape index (κ1) is 20.1. The van der Waals surface area contributed by atoms with Gasteiger partial charge in [0.25, 0.3) is 0 Å². The summed E-state index contributed by atoms with van der Waals surface area (Å²) in [4.78, 5) is 11.7. The average Bonchev–Trinajstić information content (AvgIpc) is 2.75. The predicted octanol–water partition coefficient (Wildman–Crippen LogP) is 6.19. The summed E-state index contributed by atoms with van der Waals surface area (Å²) in [5.74, 6) is -0.371. The van der Waals surface area contributed by atoms with Gasteiger partial charge in [-0.25, -0.2) is 4.79 Å². The van der Waals surface area contributed by atoms with Gasteiger partial charge in [0.1, 0.15) is 5.60 Å². The summed E-state index contributed by atoms with van der Waals surface area (Å²) in [6.07, 6.45) is 3.41. The van der Waals surface area contributed by atoms with Crippen molar-refractivity contribution in [3.8, 4) is 0 Å². The minimum absolute atomic E-state index is 0.371. The molecule has 0 radical (unpaired) electrons. The van der Waals surface area contributed by atoms with Crippen molar-refractivity contribution in [1.82, 2.24) is 0 Å². The maximum absolute atomic E-state index is 11.7. The Bertz CT molecular complexity index is 970. The van der Waals surface area contributed by atoms with Crippen LogP contribution in [0.5, 0.6) is 0 Å². The molecule has 0 heterocycles. The number of ether oxygens (including phenoxy) is 2. The molecule has 0 fully saturated rings. The molecule has 0 N–H and O–H groups in total. The van der Waals surface area contributed by atoms with Gasteiger partial charge in [-0.1, -0.05) is 75.0 Å². The summed E-state index contributed by atoms with van der Waals surface area (Å²) in [6.45, 7) is 8.64. The van der Waals surface area contributed by atoms with Gasteiger partial charge in [-0.15, -0.1) is 0 Å². The van der Waals surface area contributed by atoms with E-state index in [9.17, 15) is 4.79 Å². The van der Waals surface area contributed by atoms with Crippen LogP contribution < -0.4 is 0 Å². The van der Waals surface area contributed by atoms with Gasteiger partial charge in [0.2, 0.25) is 0 Å². The van der Waals surface area contributed by atoms with Crippen LogP contribution in [0.3, 0.4) is 0 Å². The molecule has 0 aliphatic rings. The molecule has 3 aromatic carbocycles. The van der Waals surface area contributed by atoms with E-state index in [-0.39, 0.29) is 5.97 Å². The number of carbonyl (C=O) groups excluding carboxylic acids is 1. The SMILES string of the molecule is C=CC(=O)OC(CC)(CC)CCOCc1cccc2ccc3ccccc3c12. The fourth-order valence-electron chi connectivity index (χ4n) is 3.75. The molecule has 0 amide bonds. The topological polar surface area (TPSA) is 35.5 Å². The first-order valence-corrected chi connectivity index (χ1v) is 9.95. The Morgan fingerprint density at radius 3 is 2.46 bits per heavy atom. The number of hydrogen-bond donors (Lipinski definition) is 0. The Labute approximate surface area is 167 Å². The first-order chi connectivity index (χ1) is 13.6. The molecule has 0 spiro atoms. The second-order valence-electron chi connectivity index (χ2n) is 7.12. The molecular formula is C25H28O3. The van der Waals surface area contributed by atoms with Crippen molar-refractivity contribution in [1.29, 1.82) is 0 Å². The zero-order valence-corrected chi connectivity index (χ0v) is 16.7. The number of carbonyl (C=O) groups is 1. The van der Waals surface area contributed by atoms with E-state index >= 15 is 0 Å². The van der Waals surface area contributed by atoms with Gasteiger partial charge in [-0.2, -0.15) is 0 Å². The Balaban J connectivity index is 1.74. The molecular weight excluding hydrogens is 348 g/mol. The van der Waals surface area contributed by atoms with Crippen LogP contribution in [0.2, 0.25) is 0 Å². The maximum Gasteiger partial charge on any atom is 0.330 e. The van der Waals surface area contributed by atoms with Crippen LogP contribution >= 0.6 is 0 Å². The van der Waals surface area contributed by atoms with Crippen molar-refractivity contribution in [3.63, 3.8) is 0 Å². The zero-order chi connectivity index (χ0) is 20.0. The van der Waals surface area contributed by atoms with E-state index in [0.29, 0.717) is 19.6 Å². The molecule has 0 unspecified atom stereocenters. The highest BCUT2D eigenvalue weighted by Crippen LogP contribution is 2.29. The van der Waals surface area contributed by atoms with Crippen molar-refractivity contribution in [2.75, 3.05) is 6.61 Å². The minimum atomic E-state index is -0.489. The molecule has 0 saturated carbocycles. The molecule has 3 nitrogen and oxygen atoms in total. The third-order valence-corrected chi connectivity index (χ3v) is 5.59. The second-order valence-corrected chi connectivity index (χ2v) is 7.12. The zero-order valence-electron chi connectivity index (χ0n) is 16.7. The number of esters is 1. The van der Waals surface area contributed by atoms with Gasteiger partial charge in [0, 0.05) is 12.5 Å². The lowest BCUT2D eigenvalue weighted by Gasteiger charge is -2.31. The summed E-state index contributed by atoms with van der Waals surface area (Å²) in [5.41, 5.74) is 0.687. The summed E-state index contributed by atoms with van der Waals surface area (Å²) < 4.78 is 11.7. The Kier molecular flexibility index (Phi) is 6.48. The summed E-state index contributed by atoms with van der Waals surface area (Å²) in [5, 5.41) is 4.94. The first-order valence-electron chi connectivity index (χ1n) is 9.95. The normalized spacial score (nSPS) is 11.6. The molecule has 3 rings (SSSR count). The maximum atomic E-state index is 11.7. The Morgan fingerprint density at radius 1 is 1.00 bits per heavy atom. The predicted molar refractivity (Wildman–Crippen MR) is 115 cm³/mol. The van der Waals surface area contributed by atoms with Crippen molar-refractivity contribution >= 4 is 27.5 Å². The largest absolute Gasteiger partial charge is 0.456 e. The number of benzene rings is 3. The summed E-state index contributed by atoms with van der Waals surface area (Å²) in [6, 6.07) is 19.1. The molecule has 0 aliphatic heterocycles. The van der Waals surface area contributed by atoms with Crippen LogP contribution in [0.25, 0.3) is 21.5 Å². The minimum Gasteiger partial charge on any atom is -0.456 e. The van der Waals surface area contributed by atoms with Crippen molar-refractivity contribution in [3.05, 3.63) is 72.8 Å². The fourth-order valence-corrected chi connectivity index (χ4v) is 3.75. The third-order valence-electron chi connectivity index (χ3n) is 5.59. The van der Waals surface area contributed by atoms with E-state index in [4.69, 9.17) is 9.47 Å². The molecule has 28 heavy (non-hydrogen) atoms. The quantitative estimate of drug-likeness (QED) is 0.193. The lowest BCUT2D eigenvalue weighted by molar-refractivity contribution is -0.156. The summed E-state index contributed by atoms with van der Waals surface area (Å²) >= 11 is 0. The van der Waals surface area contributed by atoms with Crippen molar-refractivity contribution in [2.24, 2.45) is 0 Å². The van der Waals surface area contributed by atoms with Crippen LogP contribution in [0.15, 0.2) is 67.3 Å². The highest BCUT2D eigenvalue weighted by Gasteiger charge is 2.29. The van der Waals surface area contributed by atoms with Crippen LogP contribution in [-0.4, -0.2) is 18.2 Å². The molecule has 0 saturated heterocycles. The smallest absolute Gasteiger partial charge is 0.330 e. The standard InChI is InChI=1S/C25H28O3/c1-4-23(26)28-25(5-2,6-3)16-17-27-18-21-12-9-11-20-15-14-19-10-7-8-13-22(19)24(20)21/h4,7-15H,1,5-6,16-18H2,2-3H3. The van der Waals surface area contributed by atoms with E-state index in [1.807, 2.05) is 13.8 Å². The molecule has 146 valence electrons. The van der Waals surface area contributed by atoms with Gasteiger partial charge in [-0.05, 0) is 39.9 Å². The number of hydrogen-bond acceptors (Lipinski definition) is 3. The monoisotopic (exact) mass is 376 g/mol. The average molecular weight is 376 g/mol. The number of fused-ring (bicyclic) bond motifs is 3. The molecule has 0 atom stereocenters. The molecule has 0 bridgehead atoms. The van der Waals surface area contributed by atoms with Crippen molar-refractivity contribution < 1.29 is 14.3 Å². The van der Waals surface area contributed by atoms with E-state index in [1.165, 1.54) is 33.2 Å². The van der Waals surface area contributed by atoms with Crippen molar-refractivity contribution in [2.45, 2.75) is 45.3 Å². The van der Waals surface area contributed by atoms with E-state index in [0.717, 1.165) is 12.8 Å². The third kappa shape index (κ3) is 4.26. The molecule has 3 heteroatoms. The van der Waals surface area contributed by atoms with Gasteiger partial charge in [0.15, 0.2) is 0 Å². The Hall–Kier alpha value is -2.65. The van der Waals surface area contributed by atoms with Gasteiger partial charge in [-0.3, -0.25) is 0 Å². The molecule has 3 aromatic rings. The summed E-state index contributed by atoms with van der Waals surface area (Å²) in [7, 11) is 0. The fraction of sp³-hybridized carbons (Fsp3) is 0.320. The van der Waals surface area contributed by atoms with Gasteiger partial charge >= 0.3 is 5.97 Å². The van der Waals surface area contributed by atoms with Crippen LogP contribution in [-0.2, 0) is 20.9 Å². The van der Waals surface area contributed by atoms with Crippen LogP contribution in [0.4, 0.5) is 0 Å². The lowest BCUT2D eigenvalue weighted by Crippen LogP contribution is -2.34. The van der Waals surface area contributed by atoms with Gasteiger partial charge in [0.05, 0.1) is 13.2 Å². The number of rotatable bonds is 9. The molecule has 0 aliphatic carbocycles. The lowest BCUT2D eigenvalue weighted by atomic mass is 9.93. The van der Waals surface area contributed by atoms with Crippen LogP contribution in [0.1, 0.15) is 38.7 Å². The highest BCUT2D eigenvalue weighted by atomic mass is 16.6. The second kappa shape index (κ2) is 9.03.